The largest absolute Gasteiger partial charge is 0.351 e. The Balaban J connectivity index is 1.62. The minimum atomic E-state index is 0.0854. The monoisotopic (exact) mass is 274 g/mol. The summed E-state index contributed by atoms with van der Waals surface area (Å²) in [6.07, 6.45) is 9.46. The van der Waals surface area contributed by atoms with Gasteiger partial charge in [0, 0.05) is 37.6 Å². The van der Waals surface area contributed by atoms with E-state index in [0.717, 1.165) is 32.4 Å². The lowest BCUT2D eigenvalue weighted by atomic mass is 9.78. The molecule has 1 aromatic rings. The highest BCUT2D eigenvalue weighted by Crippen LogP contribution is 2.37. The predicted molar refractivity (Wildman–Crippen MR) is 77.8 cm³/mol. The van der Waals surface area contributed by atoms with E-state index in [1.54, 1.807) is 6.20 Å². The van der Waals surface area contributed by atoms with Gasteiger partial charge in [-0.05, 0) is 37.5 Å². The summed E-state index contributed by atoms with van der Waals surface area (Å²) < 4.78 is 1.87. The summed E-state index contributed by atoms with van der Waals surface area (Å²) >= 11 is 0. The molecule has 1 aliphatic heterocycles. The predicted octanol–water partition coefficient (Wildman–Crippen LogP) is 1.14. The Labute approximate surface area is 118 Å². The molecule has 2 aliphatic carbocycles. The Morgan fingerprint density at radius 3 is 2.80 bits per heavy atom. The Morgan fingerprint density at radius 2 is 2.05 bits per heavy atom. The van der Waals surface area contributed by atoms with Crippen LogP contribution in [-0.4, -0.2) is 28.7 Å². The molecule has 2 N–H and O–H groups in total. The summed E-state index contributed by atoms with van der Waals surface area (Å²) in [5.41, 5.74) is 6.34. The van der Waals surface area contributed by atoms with Crippen molar-refractivity contribution in [2.45, 2.75) is 44.2 Å². The van der Waals surface area contributed by atoms with Gasteiger partial charge in [-0.3, -0.25) is 4.79 Å². The van der Waals surface area contributed by atoms with Crippen molar-refractivity contribution in [3.63, 3.8) is 0 Å². The van der Waals surface area contributed by atoms with E-state index < -0.39 is 0 Å². The summed E-state index contributed by atoms with van der Waals surface area (Å²) in [6, 6.07) is 0.713. The van der Waals surface area contributed by atoms with Crippen molar-refractivity contribution in [2.24, 2.45) is 17.6 Å². The van der Waals surface area contributed by atoms with E-state index in [2.05, 4.69) is 9.88 Å². The first-order chi connectivity index (χ1) is 9.74. The molecule has 0 radical (unpaired) electrons. The SMILES string of the molecule is NC1CCCC2CN(c3nccn(C4CC4)c3=O)CC12. The molecule has 4 rings (SSSR count). The summed E-state index contributed by atoms with van der Waals surface area (Å²) in [4.78, 5) is 19.1. The fourth-order valence-electron chi connectivity index (χ4n) is 3.96. The number of anilines is 1. The number of nitrogens with zero attached hydrogens (tertiary/aromatic N) is 3. The molecule has 0 bridgehead atoms. The van der Waals surface area contributed by atoms with E-state index in [4.69, 9.17) is 5.73 Å². The van der Waals surface area contributed by atoms with Crippen LogP contribution in [-0.2, 0) is 0 Å². The van der Waals surface area contributed by atoms with Crippen LogP contribution in [0.2, 0.25) is 0 Å². The standard InChI is InChI=1S/C15H22N4O/c16-13-3-1-2-10-8-18(9-12(10)13)14-15(20)19(7-6-17-14)11-4-5-11/h6-7,10-13H,1-5,8-9,16H2. The Morgan fingerprint density at radius 1 is 1.20 bits per heavy atom. The topological polar surface area (TPSA) is 64.2 Å². The summed E-state index contributed by atoms with van der Waals surface area (Å²) in [7, 11) is 0. The average molecular weight is 274 g/mol. The third-order valence-corrected chi connectivity index (χ3v) is 5.24. The molecule has 5 nitrogen and oxygen atoms in total. The first-order valence-corrected chi connectivity index (χ1v) is 7.81. The molecule has 1 saturated heterocycles. The number of hydrogen-bond acceptors (Lipinski definition) is 4. The molecule has 3 aliphatic rings. The van der Waals surface area contributed by atoms with Crippen molar-refractivity contribution in [3.8, 4) is 0 Å². The number of rotatable bonds is 2. The second-order valence-electron chi connectivity index (χ2n) is 6.62. The van der Waals surface area contributed by atoms with Gasteiger partial charge < -0.3 is 15.2 Å². The second-order valence-corrected chi connectivity index (χ2v) is 6.62. The van der Waals surface area contributed by atoms with Gasteiger partial charge >= 0.3 is 0 Å². The molecular formula is C15H22N4O. The third kappa shape index (κ3) is 1.95. The number of hydrogen-bond donors (Lipinski definition) is 1. The maximum absolute atomic E-state index is 12.6. The molecule has 0 spiro atoms. The van der Waals surface area contributed by atoms with Crippen molar-refractivity contribution in [1.29, 1.82) is 0 Å². The van der Waals surface area contributed by atoms with Gasteiger partial charge in [-0.1, -0.05) is 6.42 Å². The lowest BCUT2D eigenvalue weighted by molar-refractivity contribution is 0.260. The van der Waals surface area contributed by atoms with E-state index in [1.807, 2.05) is 10.8 Å². The normalized spacial score (nSPS) is 33.2. The van der Waals surface area contributed by atoms with Crippen molar-refractivity contribution < 1.29 is 0 Å². The molecule has 3 atom stereocenters. The molecule has 5 heteroatoms. The van der Waals surface area contributed by atoms with Crippen LogP contribution in [0.3, 0.4) is 0 Å². The van der Waals surface area contributed by atoms with Crippen molar-refractivity contribution in [3.05, 3.63) is 22.7 Å². The Kier molecular flexibility index (Phi) is 2.84. The maximum Gasteiger partial charge on any atom is 0.293 e. The second kappa shape index (κ2) is 4.58. The number of fused-ring (bicyclic) bond motifs is 1. The summed E-state index contributed by atoms with van der Waals surface area (Å²) in [5, 5.41) is 0. The average Bonchev–Trinajstić information content (AvgIpc) is 3.18. The minimum Gasteiger partial charge on any atom is -0.351 e. The zero-order valence-corrected chi connectivity index (χ0v) is 11.7. The molecular weight excluding hydrogens is 252 g/mol. The molecule has 0 aromatic carbocycles. The third-order valence-electron chi connectivity index (χ3n) is 5.24. The van der Waals surface area contributed by atoms with Gasteiger partial charge in [0.1, 0.15) is 0 Å². The zero-order valence-electron chi connectivity index (χ0n) is 11.7. The molecule has 108 valence electrons. The van der Waals surface area contributed by atoms with Crippen LogP contribution in [0.5, 0.6) is 0 Å². The lowest BCUT2D eigenvalue weighted by Crippen LogP contribution is -2.38. The smallest absolute Gasteiger partial charge is 0.293 e. The number of aromatic nitrogens is 2. The summed E-state index contributed by atoms with van der Waals surface area (Å²) in [6.45, 7) is 1.86. The van der Waals surface area contributed by atoms with Gasteiger partial charge in [0.05, 0.1) is 0 Å². The maximum atomic E-state index is 12.6. The highest BCUT2D eigenvalue weighted by molar-refractivity contribution is 5.38. The van der Waals surface area contributed by atoms with E-state index in [9.17, 15) is 4.79 Å². The van der Waals surface area contributed by atoms with E-state index in [1.165, 1.54) is 12.8 Å². The van der Waals surface area contributed by atoms with Crippen LogP contribution in [0.4, 0.5) is 5.82 Å². The molecule has 2 heterocycles. The fraction of sp³-hybridized carbons (Fsp3) is 0.733. The van der Waals surface area contributed by atoms with Gasteiger partial charge in [0.2, 0.25) is 0 Å². The quantitative estimate of drug-likeness (QED) is 0.878. The van der Waals surface area contributed by atoms with Crippen molar-refractivity contribution >= 4 is 5.82 Å². The van der Waals surface area contributed by atoms with Crippen LogP contribution in [0.15, 0.2) is 17.2 Å². The van der Waals surface area contributed by atoms with E-state index in [0.29, 0.717) is 29.7 Å². The molecule has 1 aromatic heterocycles. The van der Waals surface area contributed by atoms with Crippen LogP contribution >= 0.6 is 0 Å². The fourth-order valence-corrected chi connectivity index (χ4v) is 3.96. The molecule has 3 unspecified atom stereocenters. The molecule has 20 heavy (non-hydrogen) atoms. The van der Waals surface area contributed by atoms with Gasteiger partial charge in [-0.25, -0.2) is 4.98 Å². The summed E-state index contributed by atoms with van der Waals surface area (Å²) in [5.74, 6) is 1.83. The molecule has 2 saturated carbocycles. The number of nitrogens with two attached hydrogens (primary N) is 1. The van der Waals surface area contributed by atoms with Gasteiger partial charge in [0.15, 0.2) is 5.82 Å². The van der Waals surface area contributed by atoms with Crippen LogP contribution < -0.4 is 16.2 Å². The van der Waals surface area contributed by atoms with E-state index >= 15 is 0 Å². The first kappa shape index (κ1) is 12.4. The van der Waals surface area contributed by atoms with Crippen molar-refractivity contribution in [1.82, 2.24) is 9.55 Å². The highest BCUT2D eigenvalue weighted by atomic mass is 16.1. The Bertz CT molecular complexity index is 565. The van der Waals surface area contributed by atoms with Crippen LogP contribution in [0.25, 0.3) is 0 Å². The van der Waals surface area contributed by atoms with Gasteiger partial charge in [-0.2, -0.15) is 0 Å². The van der Waals surface area contributed by atoms with Crippen LogP contribution in [0.1, 0.15) is 38.1 Å². The van der Waals surface area contributed by atoms with Crippen molar-refractivity contribution in [2.75, 3.05) is 18.0 Å². The lowest BCUT2D eigenvalue weighted by Gasteiger charge is -2.29. The van der Waals surface area contributed by atoms with Gasteiger partial charge in [0.25, 0.3) is 5.56 Å². The first-order valence-electron chi connectivity index (χ1n) is 7.81. The highest BCUT2D eigenvalue weighted by Gasteiger charge is 2.40. The minimum absolute atomic E-state index is 0.0854. The molecule has 0 amide bonds. The molecule has 3 fully saturated rings. The van der Waals surface area contributed by atoms with Crippen LogP contribution in [0, 0.1) is 11.8 Å². The zero-order chi connectivity index (χ0) is 13.7. The Hall–Kier alpha value is -1.36. The van der Waals surface area contributed by atoms with E-state index in [-0.39, 0.29) is 5.56 Å². The van der Waals surface area contributed by atoms with Gasteiger partial charge in [-0.15, -0.1) is 0 Å².